The van der Waals surface area contributed by atoms with E-state index in [-0.39, 0.29) is 34.7 Å². The predicted molar refractivity (Wildman–Crippen MR) is 103 cm³/mol. The number of ketones is 1. The van der Waals surface area contributed by atoms with E-state index in [9.17, 15) is 22.8 Å². The smallest absolute Gasteiger partial charge is 0.406 e. The summed E-state index contributed by atoms with van der Waals surface area (Å²) in [5.41, 5.74) is 6.77. The van der Waals surface area contributed by atoms with Gasteiger partial charge in [0.05, 0.1) is 17.4 Å². The van der Waals surface area contributed by atoms with Gasteiger partial charge in [0, 0.05) is 25.4 Å². The average Bonchev–Trinajstić information content (AvgIpc) is 3.08. The zero-order valence-electron chi connectivity index (χ0n) is 16.5. The lowest BCUT2D eigenvalue weighted by molar-refractivity contribution is -0.274. The van der Waals surface area contributed by atoms with Crippen LogP contribution in [-0.2, 0) is 4.79 Å². The van der Waals surface area contributed by atoms with E-state index in [0.29, 0.717) is 38.0 Å². The number of carbonyl (C=O) groups excluding carboxylic acids is 2. The van der Waals surface area contributed by atoms with Gasteiger partial charge in [0.2, 0.25) is 5.91 Å². The third-order valence-electron chi connectivity index (χ3n) is 5.07. The molecule has 30 heavy (non-hydrogen) atoms. The van der Waals surface area contributed by atoms with E-state index in [0.717, 1.165) is 18.6 Å². The molecular formula is C20H23F3N4O3. The number of nitrogens with two attached hydrogens (primary N) is 1. The molecule has 0 atom stereocenters. The number of likely N-dealkylation sites (tertiary alicyclic amines) is 1. The molecule has 1 amide bonds. The number of Topliss-reactive ketones (excluding diaryl/α,β-unsaturated/α-hetero) is 1. The van der Waals surface area contributed by atoms with Crippen LogP contribution in [0.4, 0.5) is 19.0 Å². The van der Waals surface area contributed by atoms with Crippen LogP contribution in [-0.4, -0.2) is 45.8 Å². The van der Waals surface area contributed by atoms with E-state index in [1.807, 2.05) is 6.92 Å². The van der Waals surface area contributed by atoms with Crippen molar-refractivity contribution >= 4 is 17.5 Å². The topological polar surface area (TPSA) is 90.5 Å². The fourth-order valence-corrected chi connectivity index (χ4v) is 3.53. The molecule has 1 fully saturated rings. The monoisotopic (exact) mass is 424 g/mol. The highest BCUT2D eigenvalue weighted by atomic mass is 19.4. The van der Waals surface area contributed by atoms with Gasteiger partial charge in [-0.15, -0.1) is 13.2 Å². The number of hydrogen-bond acceptors (Lipinski definition) is 5. The molecule has 0 bridgehead atoms. The molecule has 7 nitrogen and oxygen atoms in total. The van der Waals surface area contributed by atoms with E-state index >= 15 is 0 Å². The highest BCUT2D eigenvalue weighted by molar-refractivity contribution is 6.01. The van der Waals surface area contributed by atoms with Crippen LogP contribution in [0.1, 0.15) is 43.0 Å². The quantitative estimate of drug-likeness (QED) is 0.716. The van der Waals surface area contributed by atoms with Gasteiger partial charge < -0.3 is 15.4 Å². The van der Waals surface area contributed by atoms with Gasteiger partial charge in [-0.2, -0.15) is 5.10 Å². The van der Waals surface area contributed by atoms with Crippen LogP contribution in [0.3, 0.4) is 0 Å². The molecule has 0 unspecified atom stereocenters. The number of ether oxygens (including phenoxy) is 1. The lowest BCUT2D eigenvalue weighted by Gasteiger charge is -2.31. The van der Waals surface area contributed by atoms with E-state index < -0.39 is 6.36 Å². The van der Waals surface area contributed by atoms with Gasteiger partial charge in [0.1, 0.15) is 11.6 Å². The number of amides is 1. The van der Waals surface area contributed by atoms with Gasteiger partial charge >= 0.3 is 6.36 Å². The Hall–Kier alpha value is -3.04. The standard InChI is InChI=1S/C20H23F3N4O3/c1-2-3-17(28)26-10-8-13(9-11-26)18(29)16-12-25-27(19(16)24)14-4-6-15(7-5-14)30-20(21,22)23/h4-7,12-13H,2-3,8-11,24H2,1H3. The maximum Gasteiger partial charge on any atom is 0.573 e. The number of halogens is 3. The SMILES string of the molecule is CCCC(=O)N1CCC(C(=O)c2cnn(-c3ccc(OC(F)(F)F)cc3)c2N)CC1. The third-order valence-corrected chi connectivity index (χ3v) is 5.07. The minimum absolute atomic E-state index is 0.105. The second-order valence-corrected chi connectivity index (χ2v) is 7.17. The van der Waals surface area contributed by atoms with Crippen molar-refractivity contribution in [3.63, 3.8) is 0 Å². The van der Waals surface area contributed by atoms with Crippen molar-refractivity contribution in [2.45, 2.75) is 39.0 Å². The normalized spacial score (nSPS) is 15.3. The van der Waals surface area contributed by atoms with Crippen LogP contribution in [0, 0.1) is 5.92 Å². The second-order valence-electron chi connectivity index (χ2n) is 7.17. The van der Waals surface area contributed by atoms with Crippen LogP contribution in [0.2, 0.25) is 0 Å². The number of aromatic nitrogens is 2. The van der Waals surface area contributed by atoms with Crippen LogP contribution >= 0.6 is 0 Å². The third kappa shape index (κ3) is 4.92. The summed E-state index contributed by atoms with van der Waals surface area (Å²) in [5, 5.41) is 4.12. The molecule has 0 radical (unpaired) electrons. The number of alkyl halides is 3. The van der Waals surface area contributed by atoms with E-state index in [2.05, 4.69) is 9.84 Å². The molecule has 1 aromatic heterocycles. The van der Waals surface area contributed by atoms with Crippen molar-refractivity contribution in [1.82, 2.24) is 14.7 Å². The summed E-state index contributed by atoms with van der Waals surface area (Å²) >= 11 is 0. The first-order chi connectivity index (χ1) is 14.2. The molecule has 1 aliphatic rings. The Kier molecular flexibility index (Phi) is 6.33. The van der Waals surface area contributed by atoms with Gasteiger partial charge in [-0.1, -0.05) is 6.92 Å². The zero-order valence-corrected chi connectivity index (χ0v) is 16.5. The molecule has 3 rings (SSSR count). The lowest BCUT2D eigenvalue weighted by atomic mass is 9.89. The average molecular weight is 424 g/mol. The first-order valence-electron chi connectivity index (χ1n) is 9.71. The molecule has 1 saturated heterocycles. The molecule has 2 N–H and O–H groups in total. The highest BCUT2D eigenvalue weighted by Crippen LogP contribution is 2.28. The molecule has 2 aromatic rings. The number of rotatable bonds is 6. The van der Waals surface area contributed by atoms with Crippen molar-refractivity contribution in [3.8, 4) is 11.4 Å². The van der Waals surface area contributed by atoms with Crippen molar-refractivity contribution in [2.75, 3.05) is 18.8 Å². The fourth-order valence-electron chi connectivity index (χ4n) is 3.53. The van der Waals surface area contributed by atoms with Crippen LogP contribution < -0.4 is 10.5 Å². The summed E-state index contributed by atoms with van der Waals surface area (Å²) in [7, 11) is 0. The summed E-state index contributed by atoms with van der Waals surface area (Å²) in [4.78, 5) is 26.7. The first kappa shape index (κ1) is 21.7. The molecule has 0 aliphatic carbocycles. The Bertz CT molecular complexity index is 901. The van der Waals surface area contributed by atoms with E-state index in [1.165, 1.54) is 23.0 Å². The van der Waals surface area contributed by atoms with Crippen molar-refractivity contribution in [2.24, 2.45) is 5.92 Å². The maximum absolute atomic E-state index is 12.9. The largest absolute Gasteiger partial charge is 0.573 e. The van der Waals surface area contributed by atoms with Crippen molar-refractivity contribution < 1.29 is 27.5 Å². The summed E-state index contributed by atoms with van der Waals surface area (Å²) < 4.78 is 42.0. The van der Waals surface area contributed by atoms with Gasteiger partial charge in [-0.25, -0.2) is 4.68 Å². The molecule has 0 saturated carbocycles. The Labute approximate surface area is 171 Å². The number of anilines is 1. The van der Waals surface area contributed by atoms with Gasteiger partial charge in [-0.05, 0) is 43.5 Å². The second kappa shape index (κ2) is 8.76. The lowest BCUT2D eigenvalue weighted by Crippen LogP contribution is -2.40. The zero-order chi connectivity index (χ0) is 21.9. The fraction of sp³-hybridized carbons (Fsp3) is 0.450. The maximum atomic E-state index is 12.9. The molecular weight excluding hydrogens is 401 g/mol. The molecule has 0 spiro atoms. The molecule has 162 valence electrons. The number of hydrogen-bond donors (Lipinski definition) is 1. The Morgan fingerprint density at radius 1 is 1.20 bits per heavy atom. The molecule has 10 heteroatoms. The number of benzene rings is 1. The summed E-state index contributed by atoms with van der Waals surface area (Å²) in [6, 6.07) is 5.04. The van der Waals surface area contributed by atoms with E-state index in [4.69, 9.17) is 5.73 Å². The minimum atomic E-state index is -4.78. The Morgan fingerprint density at radius 2 is 1.83 bits per heavy atom. The summed E-state index contributed by atoms with van der Waals surface area (Å²) in [6.45, 7) is 3.01. The first-order valence-corrected chi connectivity index (χ1v) is 9.71. The summed E-state index contributed by atoms with van der Waals surface area (Å²) in [6.07, 6.45) is -0.998. The van der Waals surface area contributed by atoms with E-state index in [1.54, 1.807) is 4.90 Å². The van der Waals surface area contributed by atoms with Gasteiger partial charge in [0.15, 0.2) is 5.78 Å². The number of carbonyl (C=O) groups is 2. The van der Waals surface area contributed by atoms with Crippen LogP contribution in [0.5, 0.6) is 5.75 Å². The Morgan fingerprint density at radius 3 is 2.40 bits per heavy atom. The number of piperidine rings is 1. The number of nitrogens with zero attached hydrogens (tertiary/aromatic N) is 3. The van der Waals surface area contributed by atoms with Gasteiger partial charge in [0.25, 0.3) is 0 Å². The highest BCUT2D eigenvalue weighted by Gasteiger charge is 2.31. The summed E-state index contributed by atoms with van der Waals surface area (Å²) in [5.74, 6) is -0.531. The number of nitrogen functional groups attached to an aromatic ring is 1. The molecule has 1 aromatic carbocycles. The molecule has 1 aliphatic heterocycles. The van der Waals surface area contributed by atoms with Gasteiger partial charge in [-0.3, -0.25) is 9.59 Å². The Balaban J connectivity index is 1.68. The van der Waals surface area contributed by atoms with Crippen LogP contribution in [0.15, 0.2) is 30.5 Å². The van der Waals surface area contributed by atoms with Crippen molar-refractivity contribution in [3.05, 3.63) is 36.0 Å². The predicted octanol–water partition coefficient (Wildman–Crippen LogP) is 3.57. The minimum Gasteiger partial charge on any atom is -0.406 e. The van der Waals surface area contributed by atoms with Crippen LogP contribution in [0.25, 0.3) is 5.69 Å². The van der Waals surface area contributed by atoms with Crippen molar-refractivity contribution in [1.29, 1.82) is 0 Å². The molecule has 2 heterocycles.